The van der Waals surface area contributed by atoms with Gasteiger partial charge in [0.1, 0.15) is 6.10 Å². The van der Waals surface area contributed by atoms with Gasteiger partial charge in [-0.05, 0) is 41.0 Å². The molecule has 156 valence electrons. The molecule has 1 aromatic rings. The molecule has 1 aromatic carbocycles. The minimum atomic E-state index is -5.93. The van der Waals surface area contributed by atoms with E-state index in [2.05, 4.69) is 0 Å². The molecule has 4 nitrogen and oxygen atoms in total. The molecule has 0 heterocycles. The number of alkyl halides is 5. The van der Waals surface area contributed by atoms with Gasteiger partial charge in [0.25, 0.3) is 15.8 Å². The fourth-order valence-corrected chi connectivity index (χ4v) is 5.05. The Bertz CT molecular complexity index is 947. The molecular weight excluding hydrogens is 407 g/mol. The van der Waals surface area contributed by atoms with E-state index >= 15 is 0 Å². The van der Waals surface area contributed by atoms with Crippen molar-refractivity contribution in [1.82, 2.24) is 0 Å². The molecule has 0 fully saturated rings. The average Bonchev–Trinajstić information content (AvgIpc) is 2.73. The monoisotopic (exact) mass is 426 g/mol. The molecule has 10 heteroatoms. The van der Waals surface area contributed by atoms with Crippen molar-refractivity contribution in [2.75, 3.05) is 0 Å². The van der Waals surface area contributed by atoms with Crippen molar-refractivity contribution >= 4 is 15.4 Å². The van der Waals surface area contributed by atoms with Gasteiger partial charge in [-0.15, -0.1) is 0 Å². The van der Waals surface area contributed by atoms with Crippen LogP contribution in [-0.2, 0) is 16.3 Å². The third-order valence-corrected chi connectivity index (χ3v) is 6.71. The van der Waals surface area contributed by atoms with Crippen molar-refractivity contribution < 1.29 is 40.6 Å². The molecule has 2 atom stereocenters. The Hall–Kier alpha value is -1.52. The van der Waals surface area contributed by atoms with Crippen LogP contribution in [-0.4, -0.2) is 36.2 Å². The number of rotatable bonds is 2. The van der Waals surface area contributed by atoms with Crippen molar-refractivity contribution in [3.05, 3.63) is 34.9 Å². The predicted molar refractivity (Wildman–Crippen MR) is 90.3 cm³/mol. The van der Waals surface area contributed by atoms with Crippen molar-refractivity contribution in [2.24, 2.45) is 5.41 Å². The highest BCUT2D eigenvalue weighted by Gasteiger charge is 2.55. The van der Waals surface area contributed by atoms with Gasteiger partial charge in [-0.3, -0.25) is 0 Å². The second-order valence-electron chi connectivity index (χ2n) is 8.10. The van der Waals surface area contributed by atoms with Crippen LogP contribution in [0.1, 0.15) is 49.5 Å². The topological polar surface area (TPSA) is 74.6 Å². The minimum Gasteiger partial charge on any atom is -0.389 e. The summed E-state index contributed by atoms with van der Waals surface area (Å²) >= 11 is 0. The molecule has 0 bridgehead atoms. The number of aliphatic hydroxyl groups is 2. The van der Waals surface area contributed by atoms with Gasteiger partial charge in [-0.1, -0.05) is 26.0 Å². The molecule has 3 rings (SSSR count). The van der Waals surface area contributed by atoms with E-state index in [1.165, 1.54) is 6.08 Å². The molecular formula is C18H19F5O4S. The molecule has 2 N–H and O–H groups in total. The summed E-state index contributed by atoms with van der Waals surface area (Å²) in [6.45, 7) is 3.69. The molecule has 0 radical (unpaired) electrons. The smallest absolute Gasteiger partial charge is 0.389 e. The molecule has 0 aromatic heterocycles. The highest BCUT2D eigenvalue weighted by molar-refractivity contribution is 7.92. The van der Waals surface area contributed by atoms with E-state index in [-0.39, 0.29) is 11.1 Å². The lowest BCUT2D eigenvalue weighted by Gasteiger charge is -2.33. The van der Waals surface area contributed by atoms with E-state index in [1.54, 1.807) is 0 Å². The summed E-state index contributed by atoms with van der Waals surface area (Å²) in [6.07, 6.45) is -2.44. The molecule has 1 unspecified atom stereocenters. The van der Waals surface area contributed by atoms with Crippen LogP contribution >= 0.6 is 0 Å². The quantitative estimate of drug-likeness (QED) is 0.706. The SMILES string of the molecule is CC1(C)CC(c2ccc(S(=O)(=O)C(F)(F)F)c3c2CC(F)(F)[C@H]3O)=CC(O)C1. The van der Waals surface area contributed by atoms with Gasteiger partial charge < -0.3 is 10.2 Å². The lowest BCUT2D eigenvalue weighted by molar-refractivity contribution is -0.0978. The summed E-state index contributed by atoms with van der Waals surface area (Å²) in [4.78, 5) is -1.36. The standard InChI is InChI=1S/C18H19F5O4S/c1-16(2)6-9(5-10(24)7-16)11-3-4-13(28(26,27)18(21,22)23)14-12(11)8-17(19,20)15(14)25/h3-5,10,15,24-25H,6-8H2,1-2H3/t10?,15-/m0/s1. The van der Waals surface area contributed by atoms with Gasteiger partial charge in [0.15, 0.2) is 0 Å². The summed E-state index contributed by atoms with van der Waals surface area (Å²) in [7, 11) is -5.93. The van der Waals surface area contributed by atoms with Crippen molar-refractivity contribution in [2.45, 2.75) is 61.6 Å². The maximum Gasteiger partial charge on any atom is 0.501 e. The second kappa shape index (κ2) is 6.24. The van der Waals surface area contributed by atoms with E-state index < -0.39 is 55.8 Å². The normalized spacial score (nSPS) is 26.7. The number of sulfone groups is 1. The number of aliphatic hydroxyl groups excluding tert-OH is 2. The van der Waals surface area contributed by atoms with Crippen molar-refractivity contribution in [1.29, 1.82) is 0 Å². The third-order valence-electron chi connectivity index (χ3n) is 5.17. The largest absolute Gasteiger partial charge is 0.501 e. The highest BCUT2D eigenvalue weighted by Crippen LogP contribution is 2.51. The molecule has 0 amide bonds. The second-order valence-corrected chi connectivity index (χ2v) is 10.0. The summed E-state index contributed by atoms with van der Waals surface area (Å²) in [5.74, 6) is -3.81. The maximum absolute atomic E-state index is 14.2. The van der Waals surface area contributed by atoms with Crippen LogP contribution in [0.25, 0.3) is 5.57 Å². The van der Waals surface area contributed by atoms with Gasteiger partial charge in [0, 0.05) is 12.0 Å². The Morgan fingerprint density at radius 2 is 1.71 bits per heavy atom. The van der Waals surface area contributed by atoms with Gasteiger partial charge in [-0.2, -0.15) is 13.2 Å². The van der Waals surface area contributed by atoms with E-state index in [9.17, 15) is 40.6 Å². The van der Waals surface area contributed by atoms with Crippen LogP contribution in [0, 0.1) is 5.41 Å². The Kier molecular flexibility index (Phi) is 4.72. The van der Waals surface area contributed by atoms with E-state index in [0.717, 1.165) is 6.07 Å². The predicted octanol–water partition coefficient (Wildman–Crippen LogP) is 3.77. The Balaban J connectivity index is 2.26. The maximum atomic E-state index is 14.2. The lowest BCUT2D eigenvalue weighted by atomic mass is 9.74. The molecule has 28 heavy (non-hydrogen) atoms. The van der Waals surface area contributed by atoms with Crippen molar-refractivity contribution in [3.8, 4) is 0 Å². The van der Waals surface area contributed by atoms with Crippen LogP contribution in [0.2, 0.25) is 0 Å². The van der Waals surface area contributed by atoms with Crippen LogP contribution in [0.5, 0.6) is 0 Å². The molecule has 2 aliphatic carbocycles. The Morgan fingerprint density at radius 3 is 2.25 bits per heavy atom. The van der Waals surface area contributed by atoms with Crippen molar-refractivity contribution in [3.63, 3.8) is 0 Å². The highest BCUT2D eigenvalue weighted by atomic mass is 32.2. The minimum absolute atomic E-state index is 0.124. The third kappa shape index (κ3) is 3.35. The fourth-order valence-electron chi connectivity index (χ4n) is 4.03. The Labute approximate surface area is 158 Å². The van der Waals surface area contributed by atoms with Gasteiger partial charge >= 0.3 is 5.51 Å². The molecule has 0 aliphatic heterocycles. The number of hydrogen-bond donors (Lipinski definition) is 2. The molecule has 2 aliphatic rings. The number of fused-ring (bicyclic) bond motifs is 1. The first-order chi connectivity index (χ1) is 12.6. The van der Waals surface area contributed by atoms with Gasteiger partial charge in [0.05, 0.1) is 11.0 Å². The average molecular weight is 426 g/mol. The summed E-state index contributed by atoms with van der Waals surface area (Å²) in [5, 5.41) is 20.0. The fraction of sp³-hybridized carbons (Fsp3) is 0.556. The molecule has 0 saturated carbocycles. The van der Waals surface area contributed by atoms with Crippen LogP contribution in [0.4, 0.5) is 22.0 Å². The van der Waals surface area contributed by atoms with Crippen LogP contribution in [0.3, 0.4) is 0 Å². The van der Waals surface area contributed by atoms with E-state index in [1.807, 2.05) is 13.8 Å². The van der Waals surface area contributed by atoms with Crippen LogP contribution < -0.4 is 0 Å². The van der Waals surface area contributed by atoms with Gasteiger partial charge in [0.2, 0.25) is 0 Å². The summed E-state index contributed by atoms with van der Waals surface area (Å²) in [5.41, 5.74) is -6.78. The summed E-state index contributed by atoms with van der Waals surface area (Å²) in [6, 6.07) is 1.65. The first-order valence-electron chi connectivity index (χ1n) is 8.49. The van der Waals surface area contributed by atoms with E-state index in [0.29, 0.717) is 24.5 Å². The summed E-state index contributed by atoms with van der Waals surface area (Å²) < 4.78 is 91.1. The number of halogens is 5. The van der Waals surface area contributed by atoms with E-state index in [4.69, 9.17) is 0 Å². The first-order valence-corrected chi connectivity index (χ1v) is 9.97. The van der Waals surface area contributed by atoms with Gasteiger partial charge in [-0.25, -0.2) is 17.2 Å². The zero-order valence-electron chi connectivity index (χ0n) is 15.0. The lowest BCUT2D eigenvalue weighted by Crippen LogP contribution is -2.27. The number of allylic oxidation sites excluding steroid dienone is 1. The zero-order chi connectivity index (χ0) is 21.3. The molecule has 0 spiro atoms. The number of hydrogen-bond acceptors (Lipinski definition) is 4. The Morgan fingerprint density at radius 1 is 1.11 bits per heavy atom. The van der Waals surface area contributed by atoms with Crippen LogP contribution in [0.15, 0.2) is 23.1 Å². The zero-order valence-corrected chi connectivity index (χ0v) is 15.8. The molecule has 0 saturated heterocycles. The number of benzene rings is 1. The first kappa shape index (κ1) is 21.2.